The van der Waals surface area contributed by atoms with E-state index in [4.69, 9.17) is 10.5 Å². The largest absolute Gasteiger partial charge is 0.478 e. The molecule has 0 amide bonds. The molecule has 0 aromatic heterocycles. The molecule has 0 saturated carbocycles. The van der Waals surface area contributed by atoms with Crippen molar-refractivity contribution in [3.05, 3.63) is 35.4 Å². The molecule has 0 aliphatic rings. The zero-order valence-corrected chi connectivity index (χ0v) is 8.99. The SMILES string of the molecule is CCC(=O)C(=N)Cc1cccc(C(=O)O)c1. The second-order valence-electron chi connectivity index (χ2n) is 3.44. The van der Waals surface area contributed by atoms with E-state index >= 15 is 0 Å². The van der Waals surface area contributed by atoms with Crippen LogP contribution in [0.5, 0.6) is 0 Å². The predicted octanol–water partition coefficient (Wildman–Crippen LogP) is 1.93. The van der Waals surface area contributed by atoms with Crippen molar-refractivity contribution in [2.75, 3.05) is 0 Å². The summed E-state index contributed by atoms with van der Waals surface area (Å²) in [4.78, 5) is 21.9. The van der Waals surface area contributed by atoms with E-state index in [1.807, 2.05) is 0 Å². The van der Waals surface area contributed by atoms with Gasteiger partial charge in [0.05, 0.1) is 11.3 Å². The number of ketones is 1. The summed E-state index contributed by atoms with van der Waals surface area (Å²) in [5, 5.41) is 16.3. The van der Waals surface area contributed by atoms with Gasteiger partial charge in [-0.25, -0.2) is 4.79 Å². The molecule has 1 aromatic rings. The molecule has 1 aromatic carbocycles. The number of carbonyl (C=O) groups excluding carboxylic acids is 1. The van der Waals surface area contributed by atoms with Crippen LogP contribution in [0.1, 0.15) is 29.3 Å². The normalized spacial score (nSPS) is 9.81. The van der Waals surface area contributed by atoms with Crippen LogP contribution in [-0.4, -0.2) is 22.6 Å². The minimum absolute atomic E-state index is 0.0186. The Morgan fingerprint density at radius 3 is 2.62 bits per heavy atom. The minimum atomic E-state index is -1.00. The summed E-state index contributed by atoms with van der Waals surface area (Å²) in [6.07, 6.45) is 0.491. The fourth-order valence-electron chi connectivity index (χ4n) is 1.33. The van der Waals surface area contributed by atoms with Gasteiger partial charge in [0.2, 0.25) is 0 Å². The Bertz CT molecular complexity index is 438. The average molecular weight is 219 g/mol. The molecule has 0 spiro atoms. The fourth-order valence-corrected chi connectivity index (χ4v) is 1.33. The van der Waals surface area contributed by atoms with Crippen molar-refractivity contribution < 1.29 is 14.7 Å². The van der Waals surface area contributed by atoms with Gasteiger partial charge in [-0.3, -0.25) is 4.79 Å². The standard InChI is InChI=1S/C12H13NO3/c1-2-11(14)10(13)7-8-4-3-5-9(6-8)12(15)16/h3-6,13H,2,7H2,1H3,(H,15,16). The van der Waals surface area contributed by atoms with Crippen molar-refractivity contribution in [3.8, 4) is 0 Å². The van der Waals surface area contributed by atoms with Gasteiger partial charge in [-0.2, -0.15) is 0 Å². The van der Waals surface area contributed by atoms with Gasteiger partial charge in [-0.15, -0.1) is 0 Å². The van der Waals surface area contributed by atoms with Gasteiger partial charge >= 0.3 is 5.97 Å². The number of aromatic carboxylic acids is 1. The molecule has 1 rings (SSSR count). The summed E-state index contributed by atoms with van der Waals surface area (Å²) in [6, 6.07) is 6.29. The van der Waals surface area contributed by atoms with E-state index < -0.39 is 5.97 Å². The fraction of sp³-hybridized carbons (Fsp3) is 0.250. The second kappa shape index (κ2) is 5.21. The van der Waals surface area contributed by atoms with E-state index in [2.05, 4.69) is 0 Å². The second-order valence-corrected chi connectivity index (χ2v) is 3.44. The van der Waals surface area contributed by atoms with Gasteiger partial charge in [0.25, 0.3) is 0 Å². The van der Waals surface area contributed by atoms with Crippen molar-refractivity contribution in [1.29, 1.82) is 5.41 Å². The molecule has 0 atom stereocenters. The molecule has 2 N–H and O–H groups in total. The lowest BCUT2D eigenvalue weighted by Gasteiger charge is -2.03. The summed E-state index contributed by atoms with van der Waals surface area (Å²) in [6.45, 7) is 1.70. The lowest BCUT2D eigenvalue weighted by Crippen LogP contribution is -2.14. The molecular weight excluding hydrogens is 206 g/mol. The smallest absolute Gasteiger partial charge is 0.335 e. The molecule has 0 fully saturated rings. The summed E-state index contributed by atoms with van der Waals surface area (Å²) >= 11 is 0. The molecule has 0 heterocycles. The molecule has 16 heavy (non-hydrogen) atoms. The highest BCUT2D eigenvalue weighted by Gasteiger charge is 2.09. The van der Waals surface area contributed by atoms with Gasteiger partial charge < -0.3 is 10.5 Å². The number of Topliss-reactive ketones (excluding diaryl/α,β-unsaturated/α-hetero) is 1. The Morgan fingerprint density at radius 2 is 2.06 bits per heavy atom. The van der Waals surface area contributed by atoms with Crippen LogP contribution in [0.25, 0.3) is 0 Å². The highest BCUT2D eigenvalue weighted by Crippen LogP contribution is 2.07. The first-order valence-electron chi connectivity index (χ1n) is 4.97. The monoisotopic (exact) mass is 219 g/mol. The van der Waals surface area contributed by atoms with Gasteiger partial charge in [-0.1, -0.05) is 19.1 Å². The quantitative estimate of drug-likeness (QED) is 0.742. The first kappa shape index (κ1) is 12.1. The van der Waals surface area contributed by atoms with Gasteiger partial charge in [0.15, 0.2) is 5.78 Å². The Labute approximate surface area is 93.4 Å². The van der Waals surface area contributed by atoms with Crippen molar-refractivity contribution in [3.63, 3.8) is 0 Å². The van der Waals surface area contributed by atoms with Crippen molar-refractivity contribution in [1.82, 2.24) is 0 Å². The summed E-state index contributed by atoms with van der Waals surface area (Å²) < 4.78 is 0. The number of carbonyl (C=O) groups is 2. The van der Waals surface area contributed by atoms with Crippen LogP contribution in [-0.2, 0) is 11.2 Å². The van der Waals surface area contributed by atoms with Crippen LogP contribution < -0.4 is 0 Å². The molecule has 0 saturated heterocycles. The van der Waals surface area contributed by atoms with E-state index in [-0.39, 0.29) is 23.5 Å². The lowest BCUT2D eigenvalue weighted by atomic mass is 10.0. The van der Waals surface area contributed by atoms with E-state index in [1.54, 1.807) is 19.1 Å². The van der Waals surface area contributed by atoms with Crippen LogP contribution in [0.15, 0.2) is 24.3 Å². The first-order chi connectivity index (χ1) is 7.54. The number of hydrogen-bond acceptors (Lipinski definition) is 3. The Balaban J connectivity index is 2.82. The molecule has 0 aliphatic carbocycles. The van der Waals surface area contributed by atoms with E-state index in [0.717, 1.165) is 0 Å². The molecule has 0 aliphatic heterocycles. The van der Waals surface area contributed by atoms with Crippen LogP contribution in [0.2, 0.25) is 0 Å². The van der Waals surface area contributed by atoms with Crippen molar-refractivity contribution in [2.24, 2.45) is 0 Å². The summed E-state index contributed by atoms with van der Waals surface area (Å²) in [5.41, 5.74) is 0.867. The zero-order valence-electron chi connectivity index (χ0n) is 8.99. The lowest BCUT2D eigenvalue weighted by molar-refractivity contribution is -0.112. The predicted molar refractivity (Wildman–Crippen MR) is 60.1 cm³/mol. The summed E-state index contributed by atoms with van der Waals surface area (Å²) in [5.74, 6) is -1.21. The maximum Gasteiger partial charge on any atom is 0.335 e. The Morgan fingerprint density at radius 1 is 1.38 bits per heavy atom. The molecule has 0 unspecified atom stereocenters. The van der Waals surface area contributed by atoms with Crippen molar-refractivity contribution >= 4 is 17.5 Å². The van der Waals surface area contributed by atoms with Crippen molar-refractivity contribution in [2.45, 2.75) is 19.8 Å². The number of carboxylic acids is 1. The van der Waals surface area contributed by atoms with Gasteiger partial charge in [-0.05, 0) is 17.7 Å². The highest BCUT2D eigenvalue weighted by atomic mass is 16.4. The highest BCUT2D eigenvalue weighted by molar-refractivity contribution is 6.38. The third-order valence-corrected chi connectivity index (χ3v) is 2.21. The number of nitrogens with one attached hydrogen (secondary N) is 1. The van der Waals surface area contributed by atoms with E-state index in [1.165, 1.54) is 12.1 Å². The maximum absolute atomic E-state index is 11.2. The molecule has 4 heteroatoms. The van der Waals surface area contributed by atoms with E-state index in [0.29, 0.717) is 12.0 Å². The molecule has 0 radical (unpaired) electrons. The summed E-state index contributed by atoms with van der Waals surface area (Å²) in [7, 11) is 0. The molecule has 4 nitrogen and oxygen atoms in total. The first-order valence-corrected chi connectivity index (χ1v) is 4.97. The van der Waals surface area contributed by atoms with Gasteiger partial charge in [0, 0.05) is 12.8 Å². The number of carboxylic acid groups (broad SMARTS) is 1. The third-order valence-electron chi connectivity index (χ3n) is 2.21. The third kappa shape index (κ3) is 3.02. The van der Waals surface area contributed by atoms with Crippen LogP contribution in [0, 0.1) is 5.41 Å². The number of rotatable bonds is 5. The average Bonchev–Trinajstić information content (AvgIpc) is 2.28. The Kier molecular flexibility index (Phi) is 3.94. The molecular formula is C12H13NO3. The topological polar surface area (TPSA) is 78.2 Å². The van der Waals surface area contributed by atoms with Crippen LogP contribution in [0.4, 0.5) is 0 Å². The number of benzene rings is 1. The Hall–Kier alpha value is -1.97. The minimum Gasteiger partial charge on any atom is -0.478 e. The van der Waals surface area contributed by atoms with Crippen LogP contribution in [0.3, 0.4) is 0 Å². The molecule has 0 bridgehead atoms. The van der Waals surface area contributed by atoms with E-state index in [9.17, 15) is 9.59 Å². The van der Waals surface area contributed by atoms with Gasteiger partial charge in [0.1, 0.15) is 0 Å². The van der Waals surface area contributed by atoms with Crippen LogP contribution >= 0.6 is 0 Å². The molecule has 84 valence electrons. The zero-order chi connectivity index (χ0) is 12.1. The number of hydrogen-bond donors (Lipinski definition) is 2. The maximum atomic E-state index is 11.2.